The number of nitro benzene ring substituents is 1. The Kier molecular flexibility index (Phi) is 4.97. The molecule has 118 valence electrons. The number of carbonyl (C=O) groups excluding carboxylic acids is 1. The lowest BCUT2D eigenvalue weighted by Crippen LogP contribution is -2.15. The molecule has 2 rings (SSSR count). The molecule has 0 bridgehead atoms. The van der Waals surface area contributed by atoms with Crippen molar-refractivity contribution >= 4 is 50.8 Å². The van der Waals surface area contributed by atoms with E-state index in [1.807, 2.05) is 0 Å². The van der Waals surface area contributed by atoms with Gasteiger partial charge in [-0.25, -0.2) is 4.79 Å². The first-order valence-electron chi connectivity index (χ1n) is 6.07. The van der Waals surface area contributed by atoms with Crippen LogP contribution < -0.4 is 5.32 Å². The molecule has 0 aliphatic carbocycles. The molecule has 2 aromatic rings. The summed E-state index contributed by atoms with van der Waals surface area (Å²) >= 11 is 9.02. The molecule has 0 unspecified atom stereocenters. The van der Waals surface area contributed by atoms with Crippen molar-refractivity contribution in [1.82, 2.24) is 0 Å². The van der Waals surface area contributed by atoms with Crippen LogP contribution in [0, 0.1) is 10.1 Å². The van der Waals surface area contributed by atoms with Crippen molar-refractivity contribution in [2.75, 3.05) is 5.32 Å². The summed E-state index contributed by atoms with van der Waals surface area (Å²) in [5, 5.41) is 22.3. The highest BCUT2D eigenvalue weighted by Gasteiger charge is 2.18. The third-order valence-electron chi connectivity index (χ3n) is 2.87. The molecule has 0 atom stereocenters. The lowest BCUT2D eigenvalue weighted by atomic mass is 10.1. The van der Waals surface area contributed by atoms with Crippen LogP contribution in [0.3, 0.4) is 0 Å². The number of anilines is 1. The fourth-order valence-corrected chi connectivity index (χ4v) is 2.36. The number of hydrogen-bond acceptors (Lipinski definition) is 4. The van der Waals surface area contributed by atoms with Gasteiger partial charge in [0, 0.05) is 16.6 Å². The van der Waals surface area contributed by atoms with Crippen molar-refractivity contribution in [2.24, 2.45) is 0 Å². The van der Waals surface area contributed by atoms with Gasteiger partial charge in [0.25, 0.3) is 11.6 Å². The molecule has 7 nitrogen and oxygen atoms in total. The van der Waals surface area contributed by atoms with E-state index >= 15 is 0 Å². The Labute approximate surface area is 143 Å². The van der Waals surface area contributed by atoms with Gasteiger partial charge >= 0.3 is 5.97 Å². The lowest BCUT2D eigenvalue weighted by molar-refractivity contribution is -0.384. The average Bonchev–Trinajstić information content (AvgIpc) is 2.48. The molecule has 0 aliphatic rings. The van der Waals surface area contributed by atoms with E-state index in [2.05, 4.69) is 21.2 Å². The molecule has 0 spiro atoms. The van der Waals surface area contributed by atoms with Crippen molar-refractivity contribution in [3.05, 3.63) is 67.1 Å². The van der Waals surface area contributed by atoms with E-state index in [0.717, 1.165) is 6.07 Å². The normalized spacial score (nSPS) is 10.2. The maximum atomic E-state index is 12.2. The Morgan fingerprint density at radius 3 is 2.48 bits per heavy atom. The summed E-state index contributed by atoms with van der Waals surface area (Å²) in [5.74, 6) is -1.98. The predicted octanol–water partition coefficient (Wildman–Crippen LogP) is 3.96. The first kappa shape index (κ1) is 16.9. The number of nitrogens with one attached hydrogen (secondary N) is 1. The van der Waals surface area contributed by atoms with E-state index in [-0.39, 0.29) is 27.5 Å². The molecule has 9 heteroatoms. The average molecular weight is 400 g/mol. The highest BCUT2D eigenvalue weighted by molar-refractivity contribution is 9.10. The highest BCUT2D eigenvalue weighted by atomic mass is 79.9. The van der Waals surface area contributed by atoms with Crippen LogP contribution in [0.15, 0.2) is 40.9 Å². The van der Waals surface area contributed by atoms with Gasteiger partial charge in [0.15, 0.2) is 0 Å². The fraction of sp³-hybridized carbons (Fsp3) is 0. The minimum Gasteiger partial charge on any atom is -0.478 e. The van der Waals surface area contributed by atoms with Crippen LogP contribution in [-0.2, 0) is 0 Å². The molecule has 0 fully saturated rings. The largest absolute Gasteiger partial charge is 0.478 e. The number of hydrogen-bond donors (Lipinski definition) is 2. The third kappa shape index (κ3) is 3.85. The number of carbonyl (C=O) groups is 2. The van der Waals surface area contributed by atoms with Crippen LogP contribution in [0.1, 0.15) is 20.7 Å². The second-order valence-corrected chi connectivity index (χ2v) is 5.69. The Hall–Kier alpha value is -2.45. The molecule has 2 N–H and O–H groups in total. The quantitative estimate of drug-likeness (QED) is 0.597. The number of carboxylic acid groups (broad SMARTS) is 1. The van der Waals surface area contributed by atoms with Crippen LogP contribution in [-0.4, -0.2) is 21.9 Å². The maximum absolute atomic E-state index is 12.2. The van der Waals surface area contributed by atoms with Crippen molar-refractivity contribution < 1.29 is 19.6 Å². The number of carboxylic acids is 1. The number of benzene rings is 2. The molecule has 23 heavy (non-hydrogen) atoms. The van der Waals surface area contributed by atoms with E-state index in [1.165, 1.54) is 24.3 Å². The summed E-state index contributed by atoms with van der Waals surface area (Å²) in [4.78, 5) is 33.6. The van der Waals surface area contributed by atoms with Gasteiger partial charge < -0.3 is 10.4 Å². The topological polar surface area (TPSA) is 110 Å². The Bertz CT molecular complexity index is 825. The second-order valence-electron chi connectivity index (χ2n) is 4.37. The van der Waals surface area contributed by atoms with Crippen LogP contribution >= 0.6 is 27.5 Å². The van der Waals surface area contributed by atoms with Crippen molar-refractivity contribution in [3.8, 4) is 0 Å². The van der Waals surface area contributed by atoms with Gasteiger partial charge in [-0.15, -0.1) is 0 Å². The molecule has 0 heterocycles. The summed E-state index contributed by atoms with van der Waals surface area (Å²) < 4.78 is 0.529. The zero-order chi connectivity index (χ0) is 17.1. The van der Waals surface area contributed by atoms with Crippen LogP contribution in [0.4, 0.5) is 11.4 Å². The number of rotatable bonds is 4. The molecule has 0 aromatic heterocycles. The number of nitro groups is 1. The number of halogens is 2. The van der Waals surface area contributed by atoms with Gasteiger partial charge in [0.1, 0.15) is 0 Å². The molecule has 0 radical (unpaired) electrons. The van der Waals surface area contributed by atoms with E-state index < -0.39 is 16.8 Å². The molecule has 2 aromatic carbocycles. The molecular weight excluding hydrogens is 392 g/mol. The second kappa shape index (κ2) is 6.76. The minimum atomic E-state index is -1.23. The van der Waals surface area contributed by atoms with Crippen molar-refractivity contribution in [2.45, 2.75) is 0 Å². The van der Waals surface area contributed by atoms with Crippen LogP contribution in [0.5, 0.6) is 0 Å². The summed E-state index contributed by atoms with van der Waals surface area (Å²) in [5.41, 5.74) is -0.503. The Morgan fingerprint density at radius 2 is 1.87 bits per heavy atom. The van der Waals surface area contributed by atoms with Gasteiger partial charge in [-0.05, 0) is 24.3 Å². The Morgan fingerprint density at radius 1 is 1.17 bits per heavy atom. The molecule has 0 saturated carbocycles. The van der Waals surface area contributed by atoms with E-state index in [9.17, 15) is 19.7 Å². The maximum Gasteiger partial charge on any atom is 0.337 e. The van der Waals surface area contributed by atoms with Gasteiger partial charge in [0.05, 0.1) is 26.8 Å². The smallest absolute Gasteiger partial charge is 0.337 e. The van der Waals surface area contributed by atoms with Crippen LogP contribution in [0.25, 0.3) is 0 Å². The zero-order valence-electron chi connectivity index (χ0n) is 11.2. The molecular formula is C14H8BrClN2O5. The SMILES string of the molecule is O=C(Nc1ccc(Br)cc1C(=O)O)c1cc([N+](=O)[O-])ccc1Cl. The van der Waals surface area contributed by atoms with Crippen LogP contribution in [0.2, 0.25) is 5.02 Å². The van der Waals surface area contributed by atoms with Crippen molar-refractivity contribution in [1.29, 1.82) is 0 Å². The standard InChI is InChI=1S/C14H8BrClN2O5/c15-7-1-4-12(10(5-7)14(20)21)17-13(19)9-6-8(18(22)23)2-3-11(9)16/h1-6H,(H,17,19)(H,20,21). The number of nitrogens with zero attached hydrogens (tertiary/aromatic N) is 1. The van der Waals surface area contributed by atoms with Gasteiger partial charge in [0.2, 0.25) is 0 Å². The van der Waals surface area contributed by atoms with E-state index in [0.29, 0.717) is 4.47 Å². The number of aromatic carboxylic acids is 1. The monoisotopic (exact) mass is 398 g/mol. The number of non-ortho nitro benzene ring substituents is 1. The molecule has 1 amide bonds. The predicted molar refractivity (Wildman–Crippen MR) is 87.2 cm³/mol. The fourth-order valence-electron chi connectivity index (χ4n) is 1.79. The summed E-state index contributed by atoms with van der Waals surface area (Å²) in [6.45, 7) is 0. The number of amides is 1. The first-order valence-corrected chi connectivity index (χ1v) is 7.25. The first-order chi connectivity index (χ1) is 10.8. The van der Waals surface area contributed by atoms with Gasteiger partial charge in [-0.2, -0.15) is 0 Å². The molecule has 0 aliphatic heterocycles. The lowest BCUT2D eigenvalue weighted by Gasteiger charge is -2.10. The Balaban J connectivity index is 2.39. The van der Waals surface area contributed by atoms with Gasteiger partial charge in [-0.1, -0.05) is 27.5 Å². The highest BCUT2D eigenvalue weighted by Crippen LogP contribution is 2.25. The minimum absolute atomic E-state index is 0.0158. The summed E-state index contributed by atoms with van der Waals surface area (Å²) in [6.07, 6.45) is 0. The van der Waals surface area contributed by atoms with E-state index in [4.69, 9.17) is 16.7 Å². The van der Waals surface area contributed by atoms with Crippen molar-refractivity contribution in [3.63, 3.8) is 0 Å². The van der Waals surface area contributed by atoms with E-state index in [1.54, 1.807) is 6.07 Å². The zero-order valence-corrected chi connectivity index (χ0v) is 13.6. The molecule has 0 saturated heterocycles. The van der Waals surface area contributed by atoms with Gasteiger partial charge in [-0.3, -0.25) is 14.9 Å². The summed E-state index contributed by atoms with van der Waals surface area (Å²) in [7, 11) is 0. The summed E-state index contributed by atoms with van der Waals surface area (Å²) in [6, 6.07) is 7.70. The third-order valence-corrected chi connectivity index (χ3v) is 3.69.